The zero-order valence-corrected chi connectivity index (χ0v) is 9.20. The minimum Gasteiger partial charge on any atom is -0.485 e. The van der Waals surface area contributed by atoms with E-state index < -0.39 is 5.97 Å². The Balaban J connectivity index is 2.14. The van der Waals surface area contributed by atoms with Gasteiger partial charge in [-0.15, -0.1) is 10.2 Å². The average Bonchev–Trinajstić information content (AvgIpc) is 2.72. The van der Waals surface area contributed by atoms with E-state index in [0.29, 0.717) is 11.6 Å². The van der Waals surface area contributed by atoms with E-state index in [1.807, 2.05) is 0 Å². The van der Waals surface area contributed by atoms with E-state index in [9.17, 15) is 4.79 Å². The Kier molecular flexibility index (Phi) is 3.04. The van der Waals surface area contributed by atoms with Gasteiger partial charge >= 0.3 is 5.97 Å². The van der Waals surface area contributed by atoms with Crippen LogP contribution in [0.2, 0.25) is 0 Å². The Labute approximate surface area is 97.5 Å². The number of hydrogen-bond acceptors (Lipinski definition) is 4. The number of aromatic carboxylic acids is 1. The summed E-state index contributed by atoms with van der Waals surface area (Å²) in [5.74, 6) is -0.0632. The van der Waals surface area contributed by atoms with Gasteiger partial charge in [0.2, 0.25) is 0 Å². The summed E-state index contributed by atoms with van der Waals surface area (Å²) in [5.41, 5.74) is 0.134. The molecule has 1 aromatic heterocycles. The predicted molar refractivity (Wildman–Crippen MR) is 58.7 cm³/mol. The van der Waals surface area contributed by atoms with Gasteiger partial charge in [0.05, 0.1) is 0 Å². The first-order chi connectivity index (χ1) is 8.18. The van der Waals surface area contributed by atoms with E-state index in [1.54, 1.807) is 36.1 Å². The van der Waals surface area contributed by atoms with Crippen molar-refractivity contribution in [3.05, 3.63) is 42.0 Å². The molecule has 0 aliphatic heterocycles. The number of nitrogens with zero attached hydrogens (tertiary/aromatic N) is 3. The molecule has 0 fully saturated rings. The Hall–Kier alpha value is -2.37. The van der Waals surface area contributed by atoms with Gasteiger partial charge in [0.15, 0.2) is 5.82 Å². The number of hydrogen-bond donors (Lipinski definition) is 1. The van der Waals surface area contributed by atoms with Crippen molar-refractivity contribution in [3.8, 4) is 5.75 Å². The van der Waals surface area contributed by atoms with Gasteiger partial charge < -0.3 is 14.4 Å². The van der Waals surface area contributed by atoms with Crippen LogP contribution in [0.4, 0.5) is 0 Å². The average molecular weight is 233 g/mol. The smallest absolute Gasteiger partial charge is 0.339 e. The van der Waals surface area contributed by atoms with Gasteiger partial charge in [-0.3, -0.25) is 0 Å². The molecule has 17 heavy (non-hydrogen) atoms. The minimum atomic E-state index is -1.02. The second kappa shape index (κ2) is 4.65. The Morgan fingerprint density at radius 2 is 2.24 bits per heavy atom. The van der Waals surface area contributed by atoms with Crippen LogP contribution in [0, 0.1) is 0 Å². The molecule has 1 aromatic carbocycles. The third-order valence-electron chi connectivity index (χ3n) is 2.28. The summed E-state index contributed by atoms with van der Waals surface area (Å²) >= 11 is 0. The van der Waals surface area contributed by atoms with Crippen molar-refractivity contribution in [2.24, 2.45) is 7.05 Å². The van der Waals surface area contributed by atoms with Gasteiger partial charge in [-0.25, -0.2) is 4.79 Å². The molecule has 88 valence electrons. The van der Waals surface area contributed by atoms with Crippen LogP contribution in [0.1, 0.15) is 16.2 Å². The second-order valence-electron chi connectivity index (χ2n) is 3.45. The highest BCUT2D eigenvalue weighted by Crippen LogP contribution is 2.18. The van der Waals surface area contributed by atoms with Gasteiger partial charge in [-0.2, -0.15) is 0 Å². The van der Waals surface area contributed by atoms with Crippen LogP contribution in [-0.2, 0) is 13.7 Å². The number of carbonyl (C=O) groups is 1. The molecule has 0 saturated heterocycles. The lowest BCUT2D eigenvalue weighted by Crippen LogP contribution is -2.06. The highest BCUT2D eigenvalue weighted by Gasteiger charge is 2.11. The lowest BCUT2D eigenvalue weighted by molar-refractivity contribution is 0.0691. The molecule has 0 unspecified atom stereocenters. The SMILES string of the molecule is Cn1cnnc1COc1ccccc1C(=O)O. The van der Waals surface area contributed by atoms with Crippen LogP contribution in [0.25, 0.3) is 0 Å². The van der Waals surface area contributed by atoms with E-state index >= 15 is 0 Å². The molecule has 0 bridgehead atoms. The second-order valence-corrected chi connectivity index (χ2v) is 3.45. The summed E-state index contributed by atoms with van der Waals surface area (Å²) in [4.78, 5) is 10.9. The van der Waals surface area contributed by atoms with Crippen LogP contribution < -0.4 is 4.74 Å². The van der Waals surface area contributed by atoms with Crippen LogP contribution in [-0.4, -0.2) is 25.8 Å². The molecule has 6 heteroatoms. The maximum Gasteiger partial charge on any atom is 0.339 e. The highest BCUT2D eigenvalue weighted by atomic mass is 16.5. The van der Waals surface area contributed by atoms with E-state index in [-0.39, 0.29) is 12.2 Å². The number of carboxylic acids is 1. The number of ether oxygens (including phenoxy) is 1. The van der Waals surface area contributed by atoms with E-state index in [1.165, 1.54) is 6.07 Å². The van der Waals surface area contributed by atoms with Crippen molar-refractivity contribution >= 4 is 5.97 Å². The van der Waals surface area contributed by atoms with Crippen LogP contribution in [0.3, 0.4) is 0 Å². The molecular weight excluding hydrogens is 222 g/mol. The van der Waals surface area contributed by atoms with Gasteiger partial charge in [0.1, 0.15) is 24.2 Å². The quantitative estimate of drug-likeness (QED) is 0.855. The molecular formula is C11H11N3O3. The van der Waals surface area contributed by atoms with Crippen molar-refractivity contribution in [2.45, 2.75) is 6.61 Å². The Morgan fingerprint density at radius 3 is 2.88 bits per heavy atom. The van der Waals surface area contributed by atoms with Crippen LogP contribution >= 0.6 is 0 Å². The molecule has 0 aliphatic carbocycles. The fourth-order valence-corrected chi connectivity index (χ4v) is 1.35. The molecule has 0 spiro atoms. The van der Waals surface area contributed by atoms with Gasteiger partial charge in [0.25, 0.3) is 0 Å². The van der Waals surface area contributed by atoms with Gasteiger partial charge in [-0.05, 0) is 12.1 Å². The fraction of sp³-hybridized carbons (Fsp3) is 0.182. The summed E-state index contributed by atoms with van der Waals surface area (Å²) < 4.78 is 7.13. The molecule has 2 aromatic rings. The van der Waals surface area contributed by atoms with Gasteiger partial charge in [0, 0.05) is 7.05 Å². The first-order valence-electron chi connectivity index (χ1n) is 4.96. The Bertz CT molecular complexity index is 536. The highest BCUT2D eigenvalue weighted by molar-refractivity contribution is 5.90. The summed E-state index contributed by atoms with van der Waals surface area (Å²) in [5, 5.41) is 16.5. The number of aromatic nitrogens is 3. The lowest BCUT2D eigenvalue weighted by Gasteiger charge is -2.07. The van der Waals surface area contributed by atoms with Crippen molar-refractivity contribution in [3.63, 3.8) is 0 Å². The lowest BCUT2D eigenvalue weighted by atomic mass is 10.2. The van der Waals surface area contributed by atoms with E-state index in [4.69, 9.17) is 9.84 Å². The molecule has 1 heterocycles. The maximum absolute atomic E-state index is 10.9. The first-order valence-corrected chi connectivity index (χ1v) is 4.96. The van der Waals surface area contributed by atoms with Crippen molar-refractivity contribution in [1.82, 2.24) is 14.8 Å². The third kappa shape index (κ3) is 2.41. The molecule has 1 N–H and O–H groups in total. The largest absolute Gasteiger partial charge is 0.485 e. The summed E-state index contributed by atoms with van der Waals surface area (Å²) in [6.07, 6.45) is 1.56. The molecule has 0 amide bonds. The van der Waals surface area contributed by atoms with Crippen molar-refractivity contribution in [1.29, 1.82) is 0 Å². The van der Waals surface area contributed by atoms with Gasteiger partial charge in [-0.1, -0.05) is 12.1 Å². The number of aryl methyl sites for hydroxylation is 1. The Morgan fingerprint density at radius 1 is 1.47 bits per heavy atom. The number of benzene rings is 1. The third-order valence-corrected chi connectivity index (χ3v) is 2.28. The molecule has 0 radical (unpaired) electrons. The van der Waals surface area contributed by atoms with E-state index in [2.05, 4.69) is 10.2 Å². The molecule has 0 saturated carbocycles. The van der Waals surface area contributed by atoms with Crippen LogP contribution in [0.15, 0.2) is 30.6 Å². The van der Waals surface area contributed by atoms with E-state index in [0.717, 1.165) is 0 Å². The van der Waals surface area contributed by atoms with Crippen molar-refractivity contribution < 1.29 is 14.6 Å². The zero-order valence-electron chi connectivity index (χ0n) is 9.20. The summed E-state index contributed by atoms with van der Waals surface area (Å²) in [6.45, 7) is 0.181. The normalized spacial score (nSPS) is 10.2. The van der Waals surface area contributed by atoms with Crippen LogP contribution in [0.5, 0.6) is 5.75 Å². The molecule has 0 atom stereocenters. The maximum atomic E-state index is 10.9. The molecule has 2 rings (SSSR count). The zero-order chi connectivity index (χ0) is 12.3. The monoisotopic (exact) mass is 233 g/mol. The number of para-hydroxylation sites is 1. The summed E-state index contributed by atoms with van der Waals surface area (Å²) in [6, 6.07) is 6.48. The minimum absolute atomic E-state index is 0.134. The topological polar surface area (TPSA) is 77.2 Å². The number of carboxylic acid groups (broad SMARTS) is 1. The molecule has 0 aliphatic rings. The standard InChI is InChI=1S/C11H11N3O3/c1-14-7-12-13-10(14)6-17-9-5-3-2-4-8(9)11(15)16/h2-5,7H,6H2,1H3,(H,15,16). The first kappa shape index (κ1) is 11.1. The summed E-state index contributed by atoms with van der Waals surface area (Å²) in [7, 11) is 1.79. The van der Waals surface area contributed by atoms with Crippen molar-refractivity contribution in [2.75, 3.05) is 0 Å². The predicted octanol–water partition coefficient (Wildman–Crippen LogP) is 1.09. The fourth-order valence-electron chi connectivity index (χ4n) is 1.35. The molecule has 6 nitrogen and oxygen atoms in total. The number of rotatable bonds is 4.